The quantitative estimate of drug-likeness (QED) is 0.207. The molecule has 3 aromatic carbocycles. The Morgan fingerprint density at radius 1 is 0.949 bits per heavy atom. The summed E-state index contributed by atoms with van der Waals surface area (Å²) in [7, 11) is 1.56. The highest BCUT2D eigenvalue weighted by atomic mass is 32.1. The van der Waals surface area contributed by atoms with Crippen LogP contribution >= 0.6 is 12.2 Å². The van der Waals surface area contributed by atoms with Crippen molar-refractivity contribution in [2.75, 3.05) is 32.2 Å². The smallest absolute Gasteiger partial charge is 0.338 e. The predicted octanol–water partition coefficient (Wildman–Crippen LogP) is 5.17. The molecule has 0 bridgehead atoms. The largest absolute Gasteiger partial charge is 0.460 e. The average Bonchev–Trinajstić information content (AvgIpc) is 2.95. The molecular weight excluding hydrogens is 510 g/mol. The van der Waals surface area contributed by atoms with Crippen LogP contribution in [-0.2, 0) is 19.1 Å². The van der Waals surface area contributed by atoms with Crippen LogP contribution in [0.25, 0.3) is 0 Å². The van der Waals surface area contributed by atoms with E-state index in [-0.39, 0.29) is 12.5 Å². The summed E-state index contributed by atoms with van der Waals surface area (Å²) in [4.78, 5) is 28.5. The molecule has 4 rings (SSSR count). The number of carbonyl (C=O) groups is 2. The van der Waals surface area contributed by atoms with E-state index in [1.807, 2.05) is 104 Å². The van der Waals surface area contributed by atoms with E-state index < -0.39 is 17.9 Å². The number of hydrogen-bond donors (Lipinski definition) is 2. The van der Waals surface area contributed by atoms with Crippen molar-refractivity contribution in [3.63, 3.8) is 0 Å². The summed E-state index contributed by atoms with van der Waals surface area (Å²) >= 11 is 5.58. The lowest BCUT2D eigenvalue weighted by Crippen LogP contribution is -2.47. The molecule has 1 unspecified atom stereocenters. The Balaban J connectivity index is 1.58. The van der Waals surface area contributed by atoms with Gasteiger partial charge >= 0.3 is 5.97 Å². The molecule has 0 aliphatic carbocycles. The van der Waals surface area contributed by atoms with E-state index in [9.17, 15) is 9.59 Å². The van der Waals surface area contributed by atoms with E-state index in [4.69, 9.17) is 21.7 Å². The van der Waals surface area contributed by atoms with Crippen LogP contribution in [0.4, 0.5) is 5.69 Å². The molecule has 1 aliphatic rings. The van der Waals surface area contributed by atoms with Crippen LogP contribution < -0.4 is 10.6 Å². The van der Waals surface area contributed by atoms with Crippen molar-refractivity contribution in [3.05, 3.63) is 113 Å². The van der Waals surface area contributed by atoms with E-state index in [1.54, 1.807) is 7.11 Å². The van der Waals surface area contributed by atoms with Crippen molar-refractivity contribution >= 4 is 34.9 Å². The van der Waals surface area contributed by atoms with E-state index in [2.05, 4.69) is 10.6 Å². The molecular formula is C31H33N3O4S. The van der Waals surface area contributed by atoms with Gasteiger partial charge in [-0.05, 0) is 54.9 Å². The summed E-state index contributed by atoms with van der Waals surface area (Å²) < 4.78 is 10.5. The number of hydrogen-bond acceptors (Lipinski definition) is 5. The third kappa shape index (κ3) is 6.53. The number of amides is 1. The van der Waals surface area contributed by atoms with Crippen molar-refractivity contribution in [2.45, 2.75) is 25.8 Å². The van der Waals surface area contributed by atoms with E-state index in [0.717, 1.165) is 22.4 Å². The van der Waals surface area contributed by atoms with Crippen molar-refractivity contribution in [2.24, 2.45) is 0 Å². The lowest BCUT2D eigenvalue weighted by Gasteiger charge is -2.37. The molecule has 0 spiro atoms. The second-order valence-corrected chi connectivity index (χ2v) is 9.51. The third-order valence-corrected chi connectivity index (χ3v) is 7.03. The molecule has 0 saturated carbocycles. The van der Waals surface area contributed by atoms with Gasteiger partial charge in [0.25, 0.3) is 0 Å². The standard InChI is InChI=1S/C31H33N3O4S/c1-4-34-21(2)26(30(36)38-20-19-37-3)28(33-31(34)39)24-15-17-25(18-16-24)32-29(35)27(22-11-7-5-8-12-22)23-13-9-6-10-14-23/h5-18,27-28H,4,19-20H2,1-3H3,(H,32,35)(H,33,39). The maximum Gasteiger partial charge on any atom is 0.338 e. The minimum atomic E-state index is -0.485. The maximum atomic E-state index is 13.5. The zero-order chi connectivity index (χ0) is 27.8. The normalized spacial score (nSPS) is 15.2. The number of nitrogens with one attached hydrogen (secondary N) is 2. The number of allylic oxidation sites excluding steroid dienone is 1. The van der Waals surface area contributed by atoms with Gasteiger partial charge in [0.2, 0.25) is 5.91 Å². The molecule has 1 heterocycles. The predicted molar refractivity (Wildman–Crippen MR) is 156 cm³/mol. The van der Waals surface area contributed by atoms with Crippen LogP contribution in [0.3, 0.4) is 0 Å². The Morgan fingerprint density at radius 3 is 2.08 bits per heavy atom. The summed E-state index contributed by atoms with van der Waals surface area (Å²) in [6, 6.07) is 26.4. The van der Waals surface area contributed by atoms with Gasteiger partial charge in [-0.2, -0.15) is 0 Å². The second kappa shape index (κ2) is 13.2. The minimum Gasteiger partial charge on any atom is -0.460 e. The molecule has 0 aromatic heterocycles. The maximum absolute atomic E-state index is 13.5. The van der Waals surface area contributed by atoms with Gasteiger partial charge in [0.15, 0.2) is 5.11 Å². The highest BCUT2D eigenvalue weighted by Crippen LogP contribution is 2.32. The van der Waals surface area contributed by atoms with Gasteiger partial charge < -0.3 is 25.0 Å². The first-order chi connectivity index (χ1) is 18.9. The fourth-order valence-corrected chi connectivity index (χ4v) is 5.12. The number of nitrogens with zero attached hydrogens (tertiary/aromatic N) is 1. The molecule has 1 aliphatic heterocycles. The van der Waals surface area contributed by atoms with Crippen molar-refractivity contribution in [1.82, 2.24) is 10.2 Å². The van der Waals surface area contributed by atoms with Gasteiger partial charge in [-0.3, -0.25) is 4.79 Å². The molecule has 1 amide bonds. The summed E-state index contributed by atoms with van der Waals surface area (Å²) in [6.45, 7) is 4.94. The summed E-state index contributed by atoms with van der Waals surface area (Å²) in [6.07, 6.45) is 0. The van der Waals surface area contributed by atoms with Crippen molar-refractivity contribution < 1.29 is 19.1 Å². The van der Waals surface area contributed by atoms with Gasteiger partial charge in [-0.1, -0.05) is 72.8 Å². The third-order valence-electron chi connectivity index (χ3n) is 6.69. The Labute approximate surface area is 234 Å². The number of rotatable bonds is 10. The number of thiocarbonyl (C=S) groups is 1. The first kappa shape index (κ1) is 28.0. The number of esters is 1. The van der Waals surface area contributed by atoms with Crippen molar-refractivity contribution in [1.29, 1.82) is 0 Å². The molecule has 39 heavy (non-hydrogen) atoms. The Bertz CT molecular complexity index is 1290. The topological polar surface area (TPSA) is 79.9 Å². The first-order valence-electron chi connectivity index (χ1n) is 12.9. The number of anilines is 1. The van der Waals surface area contributed by atoms with E-state index >= 15 is 0 Å². The van der Waals surface area contributed by atoms with Crippen LogP contribution in [0, 0.1) is 0 Å². The molecule has 3 aromatic rings. The highest BCUT2D eigenvalue weighted by molar-refractivity contribution is 7.80. The fourth-order valence-electron chi connectivity index (χ4n) is 4.73. The summed E-state index contributed by atoms with van der Waals surface area (Å²) in [5.41, 5.74) is 4.54. The monoisotopic (exact) mass is 543 g/mol. The molecule has 0 saturated heterocycles. The Hall–Kier alpha value is -4.01. The summed E-state index contributed by atoms with van der Waals surface area (Å²) in [5, 5.41) is 6.89. The van der Waals surface area contributed by atoms with Gasteiger partial charge in [0.1, 0.15) is 6.61 Å². The van der Waals surface area contributed by atoms with Crippen molar-refractivity contribution in [3.8, 4) is 0 Å². The SMILES string of the molecule is CCN1C(=S)NC(c2ccc(NC(=O)C(c3ccccc3)c3ccccc3)cc2)C(C(=O)OCCOC)=C1C. The lowest BCUT2D eigenvalue weighted by atomic mass is 9.90. The highest BCUT2D eigenvalue weighted by Gasteiger charge is 2.34. The number of ether oxygens (including phenoxy) is 2. The Morgan fingerprint density at radius 2 is 1.54 bits per heavy atom. The second-order valence-electron chi connectivity index (χ2n) is 9.12. The van der Waals surface area contributed by atoms with Gasteiger partial charge in [-0.25, -0.2) is 4.79 Å². The first-order valence-corrected chi connectivity index (χ1v) is 13.3. The van der Waals surface area contributed by atoms with Crippen LogP contribution in [0.5, 0.6) is 0 Å². The van der Waals surface area contributed by atoms with Crippen LogP contribution in [-0.4, -0.2) is 48.8 Å². The molecule has 202 valence electrons. The van der Waals surface area contributed by atoms with Crippen LogP contribution in [0.2, 0.25) is 0 Å². The van der Waals surface area contributed by atoms with E-state index in [0.29, 0.717) is 29.5 Å². The van der Waals surface area contributed by atoms with Gasteiger partial charge in [0.05, 0.1) is 24.1 Å². The number of methoxy groups -OCH3 is 1. The molecule has 8 heteroatoms. The van der Waals surface area contributed by atoms with Crippen LogP contribution in [0.1, 0.15) is 42.5 Å². The average molecular weight is 544 g/mol. The number of benzene rings is 3. The molecule has 1 atom stereocenters. The minimum absolute atomic E-state index is 0.131. The zero-order valence-corrected chi connectivity index (χ0v) is 23.2. The van der Waals surface area contributed by atoms with Gasteiger partial charge in [-0.15, -0.1) is 0 Å². The molecule has 0 radical (unpaired) electrons. The number of carbonyl (C=O) groups excluding carboxylic acids is 2. The zero-order valence-electron chi connectivity index (χ0n) is 22.3. The Kier molecular flexibility index (Phi) is 9.46. The summed E-state index contributed by atoms with van der Waals surface area (Å²) in [5.74, 6) is -1.01. The molecule has 0 fully saturated rings. The lowest BCUT2D eigenvalue weighted by molar-refractivity contribution is -0.140. The molecule has 7 nitrogen and oxygen atoms in total. The van der Waals surface area contributed by atoms with Crippen LogP contribution in [0.15, 0.2) is 96.2 Å². The molecule has 2 N–H and O–H groups in total. The fraction of sp³-hybridized carbons (Fsp3) is 0.258. The van der Waals surface area contributed by atoms with Gasteiger partial charge in [0, 0.05) is 25.0 Å². The van der Waals surface area contributed by atoms with E-state index in [1.165, 1.54) is 0 Å².